The van der Waals surface area contributed by atoms with Crippen LogP contribution in [0, 0.1) is 18.6 Å². The molecule has 1 heterocycles. The summed E-state index contributed by atoms with van der Waals surface area (Å²) in [5.74, 6) is -1.94. The van der Waals surface area contributed by atoms with Crippen molar-refractivity contribution in [1.82, 2.24) is 4.90 Å². The summed E-state index contributed by atoms with van der Waals surface area (Å²) in [7, 11) is 1.60. The molecule has 3 rings (SSSR count). The highest BCUT2D eigenvalue weighted by molar-refractivity contribution is 5.96. The molecule has 0 N–H and O–H groups in total. The lowest BCUT2D eigenvalue weighted by molar-refractivity contribution is 0.0712. The summed E-state index contributed by atoms with van der Waals surface area (Å²) >= 11 is 0. The van der Waals surface area contributed by atoms with Crippen molar-refractivity contribution in [2.75, 3.05) is 7.05 Å². The number of hydrogen-bond donors (Lipinski definition) is 0. The Morgan fingerprint density at radius 3 is 2.54 bits per heavy atom. The maximum Gasteiger partial charge on any atom is 0.289 e. The molecule has 0 aliphatic heterocycles. The van der Waals surface area contributed by atoms with Crippen LogP contribution in [0.5, 0.6) is 0 Å². The second kappa shape index (κ2) is 6.07. The van der Waals surface area contributed by atoms with Crippen molar-refractivity contribution in [3.63, 3.8) is 0 Å². The Morgan fingerprint density at radius 1 is 1.08 bits per heavy atom. The fourth-order valence-corrected chi connectivity index (χ4v) is 2.61. The molecule has 124 valence electrons. The van der Waals surface area contributed by atoms with Gasteiger partial charge in [0.2, 0.25) is 0 Å². The van der Waals surface area contributed by atoms with Gasteiger partial charge in [-0.2, -0.15) is 0 Å². The second-order valence-corrected chi connectivity index (χ2v) is 5.92. The van der Waals surface area contributed by atoms with Crippen molar-refractivity contribution in [3.05, 3.63) is 71.0 Å². The third-order valence-corrected chi connectivity index (χ3v) is 4.21. The lowest BCUT2D eigenvalue weighted by atomic mass is 10.1. The molecule has 5 heteroatoms. The second-order valence-electron chi connectivity index (χ2n) is 5.92. The van der Waals surface area contributed by atoms with E-state index in [1.54, 1.807) is 20.0 Å². The van der Waals surface area contributed by atoms with E-state index in [1.165, 1.54) is 11.0 Å². The lowest BCUT2D eigenvalue weighted by Crippen LogP contribution is -2.29. The fourth-order valence-electron chi connectivity index (χ4n) is 2.61. The molecule has 1 atom stereocenters. The van der Waals surface area contributed by atoms with Crippen LogP contribution in [-0.4, -0.2) is 17.9 Å². The zero-order valence-corrected chi connectivity index (χ0v) is 13.6. The monoisotopic (exact) mass is 329 g/mol. The molecule has 0 saturated carbocycles. The van der Waals surface area contributed by atoms with E-state index in [4.69, 9.17) is 4.42 Å². The van der Waals surface area contributed by atoms with Crippen LogP contribution in [0.1, 0.15) is 34.6 Å². The van der Waals surface area contributed by atoms with Gasteiger partial charge in [0.1, 0.15) is 5.58 Å². The molecule has 0 spiro atoms. The van der Waals surface area contributed by atoms with Gasteiger partial charge in [0, 0.05) is 12.4 Å². The first-order valence-corrected chi connectivity index (χ1v) is 7.59. The van der Waals surface area contributed by atoms with Crippen molar-refractivity contribution >= 4 is 16.9 Å². The Labute approximate surface area is 138 Å². The van der Waals surface area contributed by atoms with Crippen LogP contribution in [0.2, 0.25) is 0 Å². The minimum absolute atomic E-state index is 0.215. The first-order chi connectivity index (χ1) is 11.4. The van der Waals surface area contributed by atoms with Crippen molar-refractivity contribution in [2.24, 2.45) is 0 Å². The molecule has 0 radical (unpaired) electrons. The largest absolute Gasteiger partial charge is 0.451 e. The van der Waals surface area contributed by atoms with Gasteiger partial charge >= 0.3 is 0 Å². The Morgan fingerprint density at radius 2 is 1.83 bits per heavy atom. The number of halogens is 2. The molecule has 3 aromatic rings. The third kappa shape index (κ3) is 2.89. The van der Waals surface area contributed by atoms with E-state index in [1.807, 2.05) is 25.1 Å². The molecule has 1 aromatic heterocycles. The molecule has 0 fully saturated rings. The van der Waals surface area contributed by atoms with E-state index >= 15 is 0 Å². The summed E-state index contributed by atoms with van der Waals surface area (Å²) in [6.45, 7) is 3.71. The van der Waals surface area contributed by atoms with Crippen LogP contribution in [0.3, 0.4) is 0 Å². The predicted molar refractivity (Wildman–Crippen MR) is 87.8 cm³/mol. The maximum atomic E-state index is 13.4. The molecule has 0 bridgehead atoms. The van der Waals surface area contributed by atoms with E-state index in [2.05, 4.69) is 0 Å². The van der Waals surface area contributed by atoms with Gasteiger partial charge in [-0.1, -0.05) is 17.7 Å². The number of rotatable bonds is 3. The zero-order valence-electron chi connectivity index (χ0n) is 13.6. The highest BCUT2D eigenvalue weighted by atomic mass is 19.2. The van der Waals surface area contributed by atoms with Gasteiger partial charge in [-0.15, -0.1) is 0 Å². The molecule has 0 aliphatic carbocycles. The van der Waals surface area contributed by atoms with Crippen molar-refractivity contribution in [1.29, 1.82) is 0 Å². The average Bonchev–Trinajstić information content (AvgIpc) is 2.98. The van der Waals surface area contributed by atoms with Crippen LogP contribution >= 0.6 is 0 Å². The van der Waals surface area contributed by atoms with Gasteiger partial charge in [-0.3, -0.25) is 4.79 Å². The van der Waals surface area contributed by atoms with Crippen LogP contribution < -0.4 is 0 Å². The van der Waals surface area contributed by atoms with Gasteiger partial charge in [0.25, 0.3) is 5.91 Å². The maximum absolute atomic E-state index is 13.4. The third-order valence-electron chi connectivity index (χ3n) is 4.21. The zero-order chi connectivity index (χ0) is 17.4. The minimum atomic E-state index is -0.931. The molecule has 0 saturated heterocycles. The average molecular weight is 329 g/mol. The molecule has 24 heavy (non-hydrogen) atoms. The Hall–Kier alpha value is -2.69. The Balaban J connectivity index is 1.88. The summed E-state index contributed by atoms with van der Waals surface area (Å²) in [5, 5.41) is 0.854. The number of benzene rings is 2. The van der Waals surface area contributed by atoms with E-state index < -0.39 is 17.7 Å². The number of carbonyl (C=O) groups excluding carboxylic acids is 1. The van der Waals surface area contributed by atoms with Gasteiger partial charge in [0.05, 0.1) is 6.04 Å². The lowest BCUT2D eigenvalue weighted by Gasteiger charge is -2.24. The van der Waals surface area contributed by atoms with Crippen LogP contribution in [-0.2, 0) is 0 Å². The number of amides is 1. The van der Waals surface area contributed by atoms with E-state index in [-0.39, 0.29) is 11.7 Å². The Bertz CT molecular complexity index is 917. The van der Waals surface area contributed by atoms with Crippen molar-refractivity contribution < 1.29 is 18.0 Å². The first-order valence-electron chi connectivity index (χ1n) is 7.59. The standard InChI is InChI=1S/C19H17F2NO2/c1-11-4-7-17-14(8-11)10-18(24-17)19(23)22(3)12(2)13-5-6-15(20)16(21)9-13/h4-10,12H,1-3H3. The van der Waals surface area contributed by atoms with Gasteiger partial charge in [-0.25, -0.2) is 8.78 Å². The molecule has 3 nitrogen and oxygen atoms in total. The summed E-state index contributed by atoms with van der Waals surface area (Å²) < 4.78 is 32.1. The van der Waals surface area contributed by atoms with E-state index in [0.717, 1.165) is 23.1 Å². The summed E-state index contributed by atoms with van der Waals surface area (Å²) in [6.07, 6.45) is 0. The number of fused-ring (bicyclic) bond motifs is 1. The predicted octanol–water partition coefficient (Wildman–Crippen LogP) is 4.85. The fraction of sp³-hybridized carbons (Fsp3) is 0.211. The van der Waals surface area contributed by atoms with Crippen LogP contribution in [0.4, 0.5) is 8.78 Å². The first kappa shape index (κ1) is 16.2. The molecule has 1 unspecified atom stereocenters. The van der Waals surface area contributed by atoms with E-state index in [0.29, 0.717) is 11.1 Å². The minimum Gasteiger partial charge on any atom is -0.451 e. The topological polar surface area (TPSA) is 33.5 Å². The number of carbonyl (C=O) groups is 1. The highest BCUT2D eigenvalue weighted by Crippen LogP contribution is 2.26. The molecular formula is C19H17F2NO2. The summed E-state index contributed by atoms with van der Waals surface area (Å²) in [5.41, 5.74) is 2.22. The molecular weight excluding hydrogens is 312 g/mol. The number of hydrogen-bond acceptors (Lipinski definition) is 2. The summed E-state index contributed by atoms with van der Waals surface area (Å²) in [4.78, 5) is 14.1. The van der Waals surface area contributed by atoms with Gasteiger partial charge < -0.3 is 9.32 Å². The molecule has 1 amide bonds. The van der Waals surface area contributed by atoms with Crippen LogP contribution in [0.15, 0.2) is 46.9 Å². The van der Waals surface area contributed by atoms with Crippen LogP contribution in [0.25, 0.3) is 11.0 Å². The van der Waals surface area contributed by atoms with E-state index in [9.17, 15) is 13.6 Å². The van der Waals surface area contributed by atoms with Gasteiger partial charge in [-0.05, 0) is 49.7 Å². The molecule has 0 aliphatic rings. The number of nitrogens with zero attached hydrogens (tertiary/aromatic N) is 1. The Kier molecular flexibility index (Phi) is 4.09. The summed E-state index contributed by atoms with van der Waals surface area (Å²) in [6, 6.07) is 10.6. The quantitative estimate of drug-likeness (QED) is 0.688. The highest BCUT2D eigenvalue weighted by Gasteiger charge is 2.23. The van der Waals surface area contributed by atoms with Gasteiger partial charge in [0.15, 0.2) is 17.4 Å². The normalized spacial score (nSPS) is 12.4. The molecule has 2 aromatic carbocycles. The number of aryl methyl sites for hydroxylation is 1. The number of furan rings is 1. The van der Waals surface area contributed by atoms with Crippen molar-refractivity contribution in [3.8, 4) is 0 Å². The SMILES string of the molecule is Cc1ccc2oc(C(=O)N(C)C(C)c3ccc(F)c(F)c3)cc2c1. The van der Waals surface area contributed by atoms with Crippen molar-refractivity contribution in [2.45, 2.75) is 19.9 Å². The smallest absolute Gasteiger partial charge is 0.289 e.